The molecular weight excluding hydrogens is 248 g/mol. The third-order valence-electron chi connectivity index (χ3n) is 4.72. The fraction of sp³-hybridized carbons (Fsp3) is 0.625. The molecule has 1 aliphatic heterocycles. The molecule has 2 aromatic heterocycles. The van der Waals surface area contributed by atoms with E-state index < -0.39 is 0 Å². The second-order valence-electron chi connectivity index (χ2n) is 6.23. The molecule has 4 heteroatoms. The van der Waals surface area contributed by atoms with E-state index >= 15 is 0 Å². The van der Waals surface area contributed by atoms with Gasteiger partial charge >= 0.3 is 0 Å². The molecule has 1 aliphatic carbocycles. The van der Waals surface area contributed by atoms with Crippen LogP contribution in [0.4, 0.5) is 0 Å². The van der Waals surface area contributed by atoms with Crippen LogP contribution in [0.2, 0.25) is 0 Å². The molecule has 106 valence electrons. The second-order valence-corrected chi connectivity index (χ2v) is 6.23. The SMILES string of the molecule is CCN1CCC(Cc2nc3cccnc3n2C2CC2)C1. The van der Waals surface area contributed by atoms with Crippen molar-refractivity contribution in [2.75, 3.05) is 19.6 Å². The highest BCUT2D eigenvalue weighted by Crippen LogP contribution is 2.38. The summed E-state index contributed by atoms with van der Waals surface area (Å²) in [6.45, 7) is 5.92. The van der Waals surface area contributed by atoms with Crippen molar-refractivity contribution in [2.24, 2.45) is 5.92 Å². The van der Waals surface area contributed by atoms with Gasteiger partial charge in [-0.2, -0.15) is 0 Å². The lowest BCUT2D eigenvalue weighted by atomic mass is 10.0. The first kappa shape index (κ1) is 12.3. The van der Waals surface area contributed by atoms with Crippen molar-refractivity contribution in [3.05, 3.63) is 24.2 Å². The Balaban J connectivity index is 1.64. The first-order valence-electron chi connectivity index (χ1n) is 7.89. The van der Waals surface area contributed by atoms with E-state index in [0.29, 0.717) is 6.04 Å². The maximum Gasteiger partial charge on any atom is 0.160 e. The van der Waals surface area contributed by atoms with Gasteiger partial charge in [-0.3, -0.25) is 0 Å². The Morgan fingerprint density at radius 2 is 2.20 bits per heavy atom. The number of imidazole rings is 1. The van der Waals surface area contributed by atoms with Gasteiger partial charge in [-0.15, -0.1) is 0 Å². The van der Waals surface area contributed by atoms with Crippen LogP contribution in [0.3, 0.4) is 0 Å². The van der Waals surface area contributed by atoms with Gasteiger partial charge in [-0.05, 0) is 50.4 Å². The maximum atomic E-state index is 4.87. The number of fused-ring (bicyclic) bond motifs is 1. The normalized spacial score (nSPS) is 23.8. The Kier molecular flexibility index (Phi) is 2.99. The Labute approximate surface area is 119 Å². The summed E-state index contributed by atoms with van der Waals surface area (Å²) in [6, 6.07) is 4.75. The van der Waals surface area contributed by atoms with Gasteiger partial charge in [0.25, 0.3) is 0 Å². The van der Waals surface area contributed by atoms with E-state index in [1.807, 2.05) is 12.3 Å². The molecule has 2 aliphatic rings. The Morgan fingerprint density at radius 1 is 1.30 bits per heavy atom. The van der Waals surface area contributed by atoms with Crippen molar-refractivity contribution in [3.63, 3.8) is 0 Å². The second kappa shape index (κ2) is 4.85. The topological polar surface area (TPSA) is 34.0 Å². The molecule has 3 heterocycles. The predicted octanol–water partition coefficient (Wildman–Crippen LogP) is 2.65. The highest BCUT2D eigenvalue weighted by atomic mass is 15.2. The van der Waals surface area contributed by atoms with Gasteiger partial charge in [0.05, 0.1) is 0 Å². The van der Waals surface area contributed by atoms with Crippen LogP contribution < -0.4 is 0 Å². The van der Waals surface area contributed by atoms with Gasteiger partial charge in [-0.25, -0.2) is 9.97 Å². The molecule has 2 fully saturated rings. The van der Waals surface area contributed by atoms with Gasteiger partial charge in [0.1, 0.15) is 11.3 Å². The van der Waals surface area contributed by atoms with Crippen LogP contribution in [-0.2, 0) is 6.42 Å². The first-order chi connectivity index (χ1) is 9.85. The molecule has 0 spiro atoms. The van der Waals surface area contributed by atoms with Crippen molar-refractivity contribution >= 4 is 11.2 Å². The van der Waals surface area contributed by atoms with Crippen LogP contribution in [0, 0.1) is 5.92 Å². The third-order valence-corrected chi connectivity index (χ3v) is 4.72. The van der Waals surface area contributed by atoms with Crippen LogP contribution in [0.5, 0.6) is 0 Å². The Bertz CT molecular complexity index is 614. The molecular formula is C16H22N4. The zero-order valence-corrected chi connectivity index (χ0v) is 12.1. The van der Waals surface area contributed by atoms with E-state index in [2.05, 4.69) is 27.4 Å². The summed E-state index contributed by atoms with van der Waals surface area (Å²) in [6.07, 6.45) is 6.90. The molecule has 4 rings (SSSR count). The van der Waals surface area contributed by atoms with Gasteiger partial charge < -0.3 is 9.47 Å². The maximum absolute atomic E-state index is 4.87. The summed E-state index contributed by atoms with van der Waals surface area (Å²) in [5, 5.41) is 0. The van der Waals surface area contributed by atoms with Crippen molar-refractivity contribution in [3.8, 4) is 0 Å². The van der Waals surface area contributed by atoms with Crippen molar-refractivity contribution in [1.82, 2.24) is 19.4 Å². The molecule has 20 heavy (non-hydrogen) atoms. The molecule has 4 nitrogen and oxygen atoms in total. The number of hydrogen-bond donors (Lipinski definition) is 0. The van der Waals surface area contributed by atoms with E-state index in [1.54, 1.807) is 0 Å². The number of aromatic nitrogens is 3. The summed E-state index contributed by atoms with van der Waals surface area (Å²) in [7, 11) is 0. The summed E-state index contributed by atoms with van der Waals surface area (Å²) >= 11 is 0. The third kappa shape index (κ3) is 2.12. The van der Waals surface area contributed by atoms with Crippen molar-refractivity contribution < 1.29 is 0 Å². The fourth-order valence-electron chi connectivity index (χ4n) is 3.46. The zero-order valence-electron chi connectivity index (χ0n) is 12.1. The Morgan fingerprint density at radius 3 is 2.95 bits per heavy atom. The molecule has 0 aromatic carbocycles. The average Bonchev–Trinajstić information content (AvgIpc) is 3.09. The van der Waals surface area contributed by atoms with Gasteiger partial charge in [0.15, 0.2) is 5.65 Å². The number of hydrogen-bond acceptors (Lipinski definition) is 3. The Hall–Kier alpha value is -1.42. The number of nitrogens with zero attached hydrogens (tertiary/aromatic N) is 4. The summed E-state index contributed by atoms with van der Waals surface area (Å²) in [5.41, 5.74) is 2.16. The molecule has 1 unspecified atom stereocenters. The molecule has 1 atom stereocenters. The summed E-state index contributed by atoms with van der Waals surface area (Å²) < 4.78 is 2.42. The van der Waals surface area contributed by atoms with Crippen LogP contribution >= 0.6 is 0 Å². The van der Waals surface area contributed by atoms with Gasteiger partial charge in [0, 0.05) is 25.2 Å². The van der Waals surface area contributed by atoms with Crippen molar-refractivity contribution in [2.45, 2.75) is 38.6 Å². The summed E-state index contributed by atoms with van der Waals surface area (Å²) in [5.74, 6) is 2.04. The van der Waals surface area contributed by atoms with E-state index in [0.717, 1.165) is 23.5 Å². The van der Waals surface area contributed by atoms with E-state index in [9.17, 15) is 0 Å². The minimum atomic E-state index is 0.661. The lowest BCUT2D eigenvalue weighted by molar-refractivity contribution is 0.340. The minimum absolute atomic E-state index is 0.661. The van der Waals surface area contributed by atoms with Gasteiger partial charge in [-0.1, -0.05) is 6.92 Å². The molecule has 1 saturated heterocycles. The van der Waals surface area contributed by atoms with E-state index in [-0.39, 0.29) is 0 Å². The lowest BCUT2D eigenvalue weighted by Crippen LogP contribution is -2.20. The predicted molar refractivity (Wildman–Crippen MR) is 79.7 cm³/mol. The molecule has 0 amide bonds. The first-order valence-corrected chi connectivity index (χ1v) is 7.89. The van der Waals surface area contributed by atoms with Crippen LogP contribution in [0.25, 0.3) is 11.2 Å². The number of rotatable bonds is 4. The number of likely N-dealkylation sites (tertiary alicyclic amines) is 1. The van der Waals surface area contributed by atoms with Gasteiger partial charge in [0.2, 0.25) is 0 Å². The molecule has 0 radical (unpaired) electrons. The minimum Gasteiger partial charge on any atom is -0.310 e. The average molecular weight is 270 g/mol. The van der Waals surface area contributed by atoms with E-state index in [4.69, 9.17) is 4.98 Å². The molecule has 0 N–H and O–H groups in total. The molecule has 1 saturated carbocycles. The van der Waals surface area contributed by atoms with Crippen LogP contribution in [0.15, 0.2) is 18.3 Å². The highest BCUT2D eigenvalue weighted by molar-refractivity contribution is 5.71. The lowest BCUT2D eigenvalue weighted by Gasteiger charge is -2.13. The highest BCUT2D eigenvalue weighted by Gasteiger charge is 2.30. The molecule has 0 bridgehead atoms. The largest absolute Gasteiger partial charge is 0.310 e. The van der Waals surface area contributed by atoms with Crippen molar-refractivity contribution in [1.29, 1.82) is 0 Å². The van der Waals surface area contributed by atoms with Crippen LogP contribution in [0.1, 0.15) is 38.1 Å². The monoisotopic (exact) mass is 270 g/mol. The summed E-state index contributed by atoms with van der Waals surface area (Å²) in [4.78, 5) is 12.0. The quantitative estimate of drug-likeness (QED) is 0.856. The van der Waals surface area contributed by atoms with E-state index in [1.165, 1.54) is 44.7 Å². The zero-order chi connectivity index (χ0) is 13.5. The fourth-order valence-corrected chi connectivity index (χ4v) is 3.46. The van der Waals surface area contributed by atoms with Crippen LogP contribution in [-0.4, -0.2) is 39.1 Å². The standard InChI is InChI=1S/C16H22N4/c1-2-19-9-7-12(11-19)10-15-18-14-4-3-8-17-16(14)20(15)13-5-6-13/h3-4,8,12-13H,2,5-7,9-11H2,1H3. The smallest absolute Gasteiger partial charge is 0.160 e. The number of pyridine rings is 1. The molecule has 2 aromatic rings.